The maximum atomic E-state index is 10.2. The second-order valence-corrected chi connectivity index (χ2v) is 3.97. The van der Waals surface area contributed by atoms with Crippen molar-refractivity contribution in [1.29, 1.82) is 0 Å². The molecule has 1 aromatic carbocycles. The van der Waals surface area contributed by atoms with E-state index in [1.165, 1.54) is 0 Å². The molecule has 0 aliphatic heterocycles. The Morgan fingerprint density at radius 3 is 2.93 bits per heavy atom. The summed E-state index contributed by atoms with van der Waals surface area (Å²) < 4.78 is 5.14. The van der Waals surface area contributed by atoms with Gasteiger partial charge in [0, 0.05) is 0 Å². The van der Waals surface area contributed by atoms with Gasteiger partial charge >= 0.3 is 0 Å². The predicted molar refractivity (Wildman–Crippen MR) is 55.3 cm³/mol. The number of benzene rings is 1. The van der Waals surface area contributed by atoms with Crippen LogP contribution in [0.3, 0.4) is 0 Å². The van der Waals surface area contributed by atoms with E-state index in [1.54, 1.807) is 7.11 Å². The fourth-order valence-electron chi connectivity index (χ4n) is 2.04. The Bertz CT molecular complexity index is 335. The molecule has 1 aromatic rings. The van der Waals surface area contributed by atoms with Gasteiger partial charge in [0.05, 0.1) is 12.7 Å². The first-order chi connectivity index (χ1) is 6.70. The highest BCUT2D eigenvalue weighted by Gasteiger charge is 2.52. The summed E-state index contributed by atoms with van der Waals surface area (Å²) in [6, 6.07) is 7.72. The monoisotopic (exact) mass is 192 g/mol. The summed E-state index contributed by atoms with van der Waals surface area (Å²) >= 11 is 0. The molecule has 1 aliphatic carbocycles. The molecule has 1 saturated carbocycles. The van der Waals surface area contributed by atoms with E-state index in [1.807, 2.05) is 24.3 Å². The van der Waals surface area contributed by atoms with Gasteiger partial charge in [-0.15, -0.1) is 0 Å². The molecule has 2 atom stereocenters. The quantitative estimate of drug-likeness (QED) is 0.796. The highest BCUT2D eigenvalue weighted by Crippen LogP contribution is 2.53. The standard InChI is InChI=1S/C12H16O2/c1-3-9-8-12(9,13)10-5-4-6-11(7-10)14-2/h4-7,9,13H,3,8H2,1-2H3. The smallest absolute Gasteiger partial charge is 0.119 e. The van der Waals surface area contributed by atoms with Gasteiger partial charge in [-0.05, 0) is 30.0 Å². The number of aliphatic hydroxyl groups is 1. The number of rotatable bonds is 3. The van der Waals surface area contributed by atoms with Gasteiger partial charge in [0.1, 0.15) is 5.75 Å². The molecule has 1 aliphatic rings. The Hall–Kier alpha value is -1.02. The molecule has 0 radical (unpaired) electrons. The van der Waals surface area contributed by atoms with Crippen molar-refractivity contribution in [3.63, 3.8) is 0 Å². The lowest BCUT2D eigenvalue weighted by Gasteiger charge is -2.11. The van der Waals surface area contributed by atoms with Gasteiger partial charge in [0.25, 0.3) is 0 Å². The third kappa shape index (κ3) is 1.40. The van der Waals surface area contributed by atoms with Crippen LogP contribution >= 0.6 is 0 Å². The molecule has 2 heteroatoms. The third-order valence-electron chi connectivity index (χ3n) is 3.14. The van der Waals surface area contributed by atoms with E-state index in [0.717, 1.165) is 24.2 Å². The average molecular weight is 192 g/mol. The van der Waals surface area contributed by atoms with Crippen molar-refractivity contribution in [3.05, 3.63) is 29.8 Å². The second kappa shape index (κ2) is 3.28. The molecule has 0 bridgehead atoms. The zero-order valence-corrected chi connectivity index (χ0v) is 8.66. The predicted octanol–water partition coefficient (Wildman–Crippen LogP) is 2.31. The van der Waals surface area contributed by atoms with Crippen LogP contribution in [0, 0.1) is 5.92 Å². The second-order valence-electron chi connectivity index (χ2n) is 3.97. The summed E-state index contributed by atoms with van der Waals surface area (Å²) in [6.45, 7) is 2.11. The van der Waals surface area contributed by atoms with Crippen LogP contribution in [-0.2, 0) is 5.60 Å². The molecule has 1 fully saturated rings. The average Bonchev–Trinajstić information content (AvgIpc) is 2.92. The van der Waals surface area contributed by atoms with E-state index in [2.05, 4.69) is 6.92 Å². The van der Waals surface area contributed by atoms with Crippen LogP contribution in [0.5, 0.6) is 5.75 Å². The molecule has 0 spiro atoms. The molecule has 14 heavy (non-hydrogen) atoms. The minimum Gasteiger partial charge on any atom is -0.497 e. The first-order valence-electron chi connectivity index (χ1n) is 5.07. The molecule has 0 aromatic heterocycles. The molecule has 2 nitrogen and oxygen atoms in total. The van der Waals surface area contributed by atoms with Gasteiger partial charge < -0.3 is 9.84 Å². The summed E-state index contributed by atoms with van der Waals surface area (Å²) in [5, 5.41) is 10.2. The fourth-order valence-corrected chi connectivity index (χ4v) is 2.04. The van der Waals surface area contributed by atoms with Gasteiger partial charge in [-0.25, -0.2) is 0 Å². The van der Waals surface area contributed by atoms with Gasteiger partial charge in [0.15, 0.2) is 0 Å². The molecular weight excluding hydrogens is 176 g/mol. The van der Waals surface area contributed by atoms with Crippen molar-refractivity contribution in [2.45, 2.75) is 25.4 Å². The molecule has 2 rings (SSSR count). The summed E-state index contributed by atoms with van der Waals surface area (Å²) in [5.74, 6) is 1.24. The molecule has 1 N–H and O–H groups in total. The SMILES string of the molecule is CCC1CC1(O)c1cccc(OC)c1. The molecule has 0 amide bonds. The van der Waals surface area contributed by atoms with E-state index in [9.17, 15) is 5.11 Å². The molecule has 76 valence electrons. The zero-order valence-electron chi connectivity index (χ0n) is 8.66. The topological polar surface area (TPSA) is 29.5 Å². The molecule has 0 saturated heterocycles. The Labute approximate surface area is 84.5 Å². The summed E-state index contributed by atoms with van der Waals surface area (Å²) in [6.07, 6.45) is 1.92. The van der Waals surface area contributed by atoms with Crippen LogP contribution in [0.15, 0.2) is 24.3 Å². The molecule has 2 unspecified atom stereocenters. The number of methoxy groups -OCH3 is 1. The van der Waals surface area contributed by atoms with Crippen molar-refractivity contribution in [2.24, 2.45) is 5.92 Å². The zero-order chi connectivity index (χ0) is 10.2. The van der Waals surface area contributed by atoms with Crippen LogP contribution in [0.25, 0.3) is 0 Å². The van der Waals surface area contributed by atoms with Gasteiger partial charge in [-0.3, -0.25) is 0 Å². The van der Waals surface area contributed by atoms with Crippen LogP contribution < -0.4 is 4.74 Å². The van der Waals surface area contributed by atoms with Crippen molar-refractivity contribution < 1.29 is 9.84 Å². The first kappa shape index (κ1) is 9.53. The lowest BCUT2D eigenvalue weighted by Crippen LogP contribution is -2.08. The van der Waals surface area contributed by atoms with Crippen LogP contribution in [0.2, 0.25) is 0 Å². The minimum atomic E-state index is -0.580. The third-order valence-corrected chi connectivity index (χ3v) is 3.14. The van der Waals surface area contributed by atoms with E-state index in [-0.39, 0.29) is 0 Å². The largest absolute Gasteiger partial charge is 0.497 e. The Morgan fingerprint density at radius 1 is 1.57 bits per heavy atom. The maximum absolute atomic E-state index is 10.2. The van der Waals surface area contributed by atoms with Crippen LogP contribution in [-0.4, -0.2) is 12.2 Å². The number of ether oxygens (including phenoxy) is 1. The van der Waals surface area contributed by atoms with Crippen molar-refractivity contribution >= 4 is 0 Å². The van der Waals surface area contributed by atoms with Crippen molar-refractivity contribution in [3.8, 4) is 5.75 Å². The van der Waals surface area contributed by atoms with Crippen LogP contribution in [0.4, 0.5) is 0 Å². The summed E-state index contributed by atoms with van der Waals surface area (Å²) in [5.41, 5.74) is 0.409. The Kier molecular flexibility index (Phi) is 2.23. The van der Waals surface area contributed by atoms with Crippen molar-refractivity contribution in [1.82, 2.24) is 0 Å². The number of hydrogen-bond acceptors (Lipinski definition) is 2. The van der Waals surface area contributed by atoms with Crippen molar-refractivity contribution in [2.75, 3.05) is 7.11 Å². The summed E-state index contributed by atoms with van der Waals surface area (Å²) in [4.78, 5) is 0. The maximum Gasteiger partial charge on any atom is 0.119 e. The lowest BCUT2D eigenvalue weighted by atomic mass is 10.0. The molecular formula is C12H16O2. The number of hydrogen-bond donors (Lipinski definition) is 1. The fraction of sp³-hybridized carbons (Fsp3) is 0.500. The van der Waals surface area contributed by atoms with E-state index >= 15 is 0 Å². The first-order valence-corrected chi connectivity index (χ1v) is 5.07. The lowest BCUT2D eigenvalue weighted by molar-refractivity contribution is 0.130. The van der Waals surface area contributed by atoms with Gasteiger partial charge in [0.2, 0.25) is 0 Å². The normalized spacial score (nSPS) is 30.1. The van der Waals surface area contributed by atoms with E-state index in [0.29, 0.717) is 5.92 Å². The minimum absolute atomic E-state index is 0.426. The Balaban J connectivity index is 2.25. The highest BCUT2D eigenvalue weighted by molar-refractivity contribution is 5.36. The van der Waals surface area contributed by atoms with Crippen LogP contribution in [0.1, 0.15) is 25.3 Å². The Morgan fingerprint density at radius 2 is 2.36 bits per heavy atom. The molecule has 0 heterocycles. The summed E-state index contributed by atoms with van der Waals surface area (Å²) in [7, 11) is 1.65. The highest BCUT2D eigenvalue weighted by atomic mass is 16.5. The van der Waals surface area contributed by atoms with E-state index in [4.69, 9.17) is 4.74 Å². The van der Waals surface area contributed by atoms with E-state index < -0.39 is 5.60 Å². The van der Waals surface area contributed by atoms with Gasteiger partial charge in [-0.1, -0.05) is 25.5 Å². The van der Waals surface area contributed by atoms with Gasteiger partial charge in [-0.2, -0.15) is 0 Å².